The number of alkyl carbamates (subject to hydrolysis) is 1. The summed E-state index contributed by atoms with van der Waals surface area (Å²) >= 11 is 0. The summed E-state index contributed by atoms with van der Waals surface area (Å²) in [6.07, 6.45) is -0.464. The molecule has 0 spiro atoms. The smallest absolute Gasteiger partial charge is 0.407 e. The maximum absolute atomic E-state index is 11.3. The Hall–Kier alpha value is -1.38. The van der Waals surface area contributed by atoms with E-state index in [9.17, 15) is 9.59 Å². The van der Waals surface area contributed by atoms with E-state index >= 15 is 0 Å². The second-order valence-corrected chi connectivity index (χ2v) is 5.17. The van der Waals surface area contributed by atoms with Crippen molar-refractivity contribution in [3.63, 3.8) is 0 Å². The Kier molecular flexibility index (Phi) is 10.6. The van der Waals surface area contributed by atoms with Crippen LogP contribution < -0.4 is 11.1 Å². The molecule has 0 fully saturated rings. The number of hydrogen-bond acceptors (Lipinski definition) is 6. The highest BCUT2D eigenvalue weighted by atomic mass is 16.6. The Labute approximate surface area is 125 Å². The highest BCUT2D eigenvalue weighted by Gasteiger charge is 2.15. The molecule has 8 heteroatoms. The van der Waals surface area contributed by atoms with Gasteiger partial charge in [0.15, 0.2) is 0 Å². The molecule has 0 aliphatic heterocycles. The molecule has 0 radical (unpaired) electrons. The van der Waals surface area contributed by atoms with E-state index in [0.29, 0.717) is 39.6 Å². The summed E-state index contributed by atoms with van der Waals surface area (Å²) in [6, 6.07) is 0. The molecule has 0 unspecified atom stereocenters. The maximum Gasteiger partial charge on any atom is 0.407 e. The first-order valence-corrected chi connectivity index (χ1v) is 6.79. The van der Waals surface area contributed by atoms with Gasteiger partial charge in [0.1, 0.15) is 12.2 Å². The van der Waals surface area contributed by atoms with Crippen molar-refractivity contribution in [1.29, 1.82) is 0 Å². The van der Waals surface area contributed by atoms with Crippen LogP contribution >= 0.6 is 0 Å². The van der Waals surface area contributed by atoms with E-state index in [0.717, 1.165) is 0 Å². The summed E-state index contributed by atoms with van der Waals surface area (Å²) in [7, 11) is 0. The van der Waals surface area contributed by atoms with Gasteiger partial charge in [-0.25, -0.2) is 4.79 Å². The summed E-state index contributed by atoms with van der Waals surface area (Å²) in [6.45, 7) is 7.54. The molecule has 2 amide bonds. The number of primary amides is 1. The molecular formula is C13H26N2O6. The minimum atomic E-state index is -0.505. The molecule has 124 valence electrons. The van der Waals surface area contributed by atoms with Crippen LogP contribution in [0.1, 0.15) is 20.8 Å². The van der Waals surface area contributed by atoms with Crippen LogP contribution in [0.2, 0.25) is 0 Å². The Bertz CT molecular complexity index is 304. The molecule has 0 bridgehead atoms. The molecule has 8 nitrogen and oxygen atoms in total. The first-order chi connectivity index (χ1) is 9.81. The van der Waals surface area contributed by atoms with E-state index in [1.165, 1.54) is 0 Å². The summed E-state index contributed by atoms with van der Waals surface area (Å²) in [4.78, 5) is 21.6. The average Bonchev–Trinajstić information content (AvgIpc) is 2.33. The van der Waals surface area contributed by atoms with E-state index in [2.05, 4.69) is 5.32 Å². The number of nitrogens with one attached hydrogen (secondary N) is 1. The maximum atomic E-state index is 11.3. The number of ether oxygens (including phenoxy) is 4. The lowest BCUT2D eigenvalue weighted by atomic mass is 10.2. The van der Waals surface area contributed by atoms with E-state index in [-0.39, 0.29) is 6.61 Å². The van der Waals surface area contributed by atoms with Gasteiger partial charge in [0, 0.05) is 6.54 Å². The van der Waals surface area contributed by atoms with Gasteiger partial charge in [-0.2, -0.15) is 0 Å². The first kappa shape index (κ1) is 19.6. The van der Waals surface area contributed by atoms with Gasteiger partial charge in [0.2, 0.25) is 5.91 Å². The van der Waals surface area contributed by atoms with Crippen LogP contribution in [-0.2, 0) is 23.7 Å². The minimum absolute atomic E-state index is 0.101. The molecule has 0 heterocycles. The Morgan fingerprint density at radius 1 is 0.952 bits per heavy atom. The van der Waals surface area contributed by atoms with Gasteiger partial charge in [-0.3, -0.25) is 4.79 Å². The molecule has 0 atom stereocenters. The molecular weight excluding hydrogens is 280 g/mol. The van der Waals surface area contributed by atoms with Crippen LogP contribution in [0.4, 0.5) is 4.79 Å². The van der Waals surface area contributed by atoms with E-state index in [1.54, 1.807) is 20.8 Å². The topological polar surface area (TPSA) is 109 Å². The molecule has 0 aromatic rings. The minimum Gasteiger partial charge on any atom is -0.444 e. The second-order valence-electron chi connectivity index (χ2n) is 5.17. The van der Waals surface area contributed by atoms with Crippen molar-refractivity contribution in [2.24, 2.45) is 5.73 Å². The third kappa shape index (κ3) is 16.6. The van der Waals surface area contributed by atoms with Crippen LogP contribution in [0.3, 0.4) is 0 Å². The zero-order valence-electron chi connectivity index (χ0n) is 13.0. The van der Waals surface area contributed by atoms with Crippen molar-refractivity contribution >= 4 is 12.0 Å². The SMILES string of the molecule is CC(C)(C)OC(=O)NCCOCCOCCOCC(N)=O. The van der Waals surface area contributed by atoms with Crippen molar-refractivity contribution in [2.45, 2.75) is 26.4 Å². The van der Waals surface area contributed by atoms with Crippen LogP contribution in [0.15, 0.2) is 0 Å². The molecule has 0 aliphatic rings. The van der Waals surface area contributed by atoms with Gasteiger partial charge in [-0.15, -0.1) is 0 Å². The number of carbonyl (C=O) groups is 2. The van der Waals surface area contributed by atoms with Crippen LogP contribution in [0.25, 0.3) is 0 Å². The third-order valence-electron chi connectivity index (χ3n) is 1.90. The summed E-state index contributed by atoms with van der Waals surface area (Å²) in [5, 5.41) is 2.58. The highest BCUT2D eigenvalue weighted by Crippen LogP contribution is 2.05. The fourth-order valence-corrected chi connectivity index (χ4v) is 1.15. The zero-order valence-corrected chi connectivity index (χ0v) is 13.0. The zero-order chi connectivity index (χ0) is 16.1. The molecule has 3 N–H and O–H groups in total. The van der Waals surface area contributed by atoms with Gasteiger partial charge >= 0.3 is 6.09 Å². The molecule has 0 saturated heterocycles. The van der Waals surface area contributed by atoms with Crippen LogP contribution in [-0.4, -0.2) is 63.8 Å². The highest BCUT2D eigenvalue weighted by molar-refractivity contribution is 5.74. The lowest BCUT2D eigenvalue weighted by Gasteiger charge is -2.19. The Morgan fingerprint density at radius 2 is 1.48 bits per heavy atom. The average molecular weight is 306 g/mol. The van der Waals surface area contributed by atoms with Crippen LogP contribution in [0, 0.1) is 0 Å². The number of hydrogen-bond donors (Lipinski definition) is 2. The molecule has 0 aliphatic carbocycles. The molecule has 21 heavy (non-hydrogen) atoms. The molecule has 0 saturated carbocycles. The number of nitrogens with two attached hydrogens (primary N) is 1. The number of rotatable bonds is 11. The van der Waals surface area contributed by atoms with Gasteiger partial charge in [0.05, 0.1) is 33.0 Å². The second kappa shape index (κ2) is 11.3. The number of amides is 2. The van der Waals surface area contributed by atoms with Crippen LogP contribution in [0.5, 0.6) is 0 Å². The van der Waals surface area contributed by atoms with Gasteiger partial charge in [-0.05, 0) is 20.8 Å². The largest absolute Gasteiger partial charge is 0.444 e. The molecule has 0 aromatic heterocycles. The van der Waals surface area contributed by atoms with Gasteiger partial charge in [-0.1, -0.05) is 0 Å². The van der Waals surface area contributed by atoms with E-state index in [1.807, 2.05) is 0 Å². The lowest BCUT2D eigenvalue weighted by molar-refractivity contribution is -0.123. The fraction of sp³-hybridized carbons (Fsp3) is 0.846. The fourth-order valence-electron chi connectivity index (χ4n) is 1.15. The monoisotopic (exact) mass is 306 g/mol. The van der Waals surface area contributed by atoms with Crippen molar-refractivity contribution in [3.8, 4) is 0 Å². The third-order valence-corrected chi connectivity index (χ3v) is 1.90. The Balaban J connectivity index is 3.22. The van der Waals surface area contributed by atoms with Crippen molar-refractivity contribution in [3.05, 3.63) is 0 Å². The number of carbonyl (C=O) groups excluding carboxylic acids is 2. The first-order valence-electron chi connectivity index (χ1n) is 6.79. The van der Waals surface area contributed by atoms with Crippen molar-refractivity contribution in [2.75, 3.05) is 46.2 Å². The summed E-state index contributed by atoms with van der Waals surface area (Å²) < 4.78 is 20.4. The van der Waals surface area contributed by atoms with Crippen molar-refractivity contribution < 1.29 is 28.5 Å². The summed E-state index contributed by atoms with van der Waals surface area (Å²) in [5.74, 6) is -0.504. The van der Waals surface area contributed by atoms with Crippen molar-refractivity contribution in [1.82, 2.24) is 5.32 Å². The van der Waals surface area contributed by atoms with Gasteiger partial charge in [0.25, 0.3) is 0 Å². The summed E-state index contributed by atoms with van der Waals surface area (Å²) in [5.41, 5.74) is 4.39. The molecule has 0 aromatic carbocycles. The Morgan fingerprint density at radius 3 is 2.00 bits per heavy atom. The quantitative estimate of drug-likeness (QED) is 0.522. The lowest BCUT2D eigenvalue weighted by Crippen LogP contribution is -2.34. The normalized spacial score (nSPS) is 11.2. The van der Waals surface area contributed by atoms with E-state index in [4.69, 9.17) is 24.7 Å². The molecule has 0 rings (SSSR count). The predicted molar refractivity (Wildman–Crippen MR) is 75.9 cm³/mol. The predicted octanol–water partition coefficient (Wildman–Crippen LogP) is 0.0462. The van der Waals surface area contributed by atoms with Gasteiger partial charge < -0.3 is 30.0 Å². The standard InChI is InChI=1S/C13H26N2O6/c1-13(2,3)21-12(17)15-4-5-18-6-7-19-8-9-20-10-11(14)16/h4-10H2,1-3H3,(H2,14,16)(H,15,17). The van der Waals surface area contributed by atoms with E-state index < -0.39 is 17.6 Å².